The van der Waals surface area contributed by atoms with Gasteiger partial charge in [-0.2, -0.15) is 0 Å². The van der Waals surface area contributed by atoms with Crippen molar-refractivity contribution in [3.63, 3.8) is 0 Å². The summed E-state index contributed by atoms with van der Waals surface area (Å²) >= 11 is 0. The first kappa shape index (κ1) is 39.8. The van der Waals surface area contributed by atoms with Crippen molar-refractivity contribution >= 4 is 57.3 Å². The Morgan fingerprint density at radius 1 is 0.845 bits per heavy atom. The number of fused-ring (bicyclic) bond motifs is 2. The first-order valence-corrected chi connectivity index (χ1v) is 19.5. The Bertz CT molecular complexity index is 2280. The summed E-state index contributed by atoms with van der Waals surface area (Å²) in [4.78, 5) is 82.4. The molecule has 0 bridgehead atoms. The molecule has 0 saturated carbocycles. The lowest BCUT2D eigenvalue weighted by molar-refractivity contribution is -0.157. The Hall–Kier alpha value is -6.38. The van der Waals surface area contributed by atoms with Gasteiger partial charge in [-0.1, -0.05) is 36.4 Å². The molecule has 2 aliphatic rings. The van der Waals surface area contributed by atoms with Crippen molar-refractivity contribution in [3.8, 4) is 0 Å². The van der Waals surface area contributed by atoms with Crippen LogP contribution in [0.15, 0.2) is 85.5 Å². The Kier molecular flexibility index (Phi) is 11.7. The Morgan fingerprint density at radius 3 is 2.09 bits per heavy atom. The third-order valence-electron chi connectivity index (χ3n) is 10.6. The molecule has 5 atom stereocenters. The summed E-state index contributed by atoms with van der Waals surface area (Å²) < 4.78 is 16.7. The van der Waals surface area contributed by atoms with E-state index in [1.165, 1.54) is 12.0 Å². The number of hydrogen-bond donors (Lipinski definition) is 4. The van der Waals surface area contributed by atoms with Gasteiger partial charge in [0, 0.05) is 78.1 Å². The molecule has 0 aliphatic carbocycles. The topological polar surface area (TPSA) is 188 Å². The van der Waals surface area contributed by atoms with E-state index in [0.717, 1.165) is 32.9 Å². The van der Waals surface area contributed by atoms with E-state index in [2.05, 4.69) is 25.6 Å². The highest BCUT2D eigenvalue weighted by atomic mass is 16.6. The molecule has 4 N–H and O–H groups in total. The van der Waals surface area contributed by atoms with Crippen molar-refractivity contribution in [2.75, 3.05) is 25.1 Å². The van der Waals surface area contributed by atoms with E-state index in [-0.39, 0.29) is 25.8 Å². The molecule has 0 radical (unpaired) electrons. The number of aromatic nitrogens is 3. The van der Waals surface area contributed by atoms with Crippen molar-refractivity contribution in [2.24, 2.45) is 0 Å². The number of benzene rings is 2. The lowest BCUT2D eigenvalue weighted by Crippen LogP contribution is -2.53. The number of nitrogens with zero attached hydrogens (tertiary/aromatic N) is 3. The standard InChI is InChI=1S/C43H49N7O8/c1-43(2,3)58-42(55)48-34(20-26-23-45-32-12-7-5-10-30(26)32)39(52)49-19-9-14-36(49)41(54)57-29-22-37(50(25-29)28-15-17-44-18-16-28)38(51)47-35(40(53)56-4)21-27-24-46-33-13-8-6-11-31(27)33/h5-8,10-13,15-18,23-24,29,34-37,45-46H,9,14,19-22,25H2,1-4H3,(H,47,51)(H,48,55)/t29-,34+,35+,36-,37+/m1/s1. The quantitative estimate of drug-likeness (QED) is 0.103. The molecule has 304 valence electrons. The van der Waals surface area contributed by atoms with Crippen LogP contribution in [0, 0.1) is 0 Å². The number of anilines is 1. The smallest absolute Gasteiger partial charge is 0.408 e. The number of H-pyrrole nitrogens is 2. The second kappa shape index (κ2) is 17.0. The van der Waals surface area contributed by atoms with Crippen molar-refractivity contribution < 1.29 is 38.2 Å². The van der Waals surface area contributed by atoms with Gasteiger partial charge >= 0.3 is 18.0 Å². The fraction of sp³-hybridized carbons (Fsp3) is 0.395. The van der Waals surface area contributed by atoms with Crippen LogP contribution in [-0.2, 0) is 46.2 Å². The first-order chi connectivity index (χ1) is 27.9. The number of nitrogens with one attached hydrogen (secondary N) is 4. The summed E-state index contributed by atoms with van der Waals surface area (Å²) in [5.41, 5.74) is 3.36. The van der Waals surface area contributed by atoms with Gasteiger partial charge in [0.15, 0.2) is 0 Å². The van der Waals surface area contributed by atoms with Crippen LogP contribution in [0.25, 0.3) is 21.8 Å². The maximum atomic E-state index is 14.3. The van der Waals surface area contributed by atoms with Crippen LogP contribution in [0.5, 0.6) is 0 Å². The minimum Gasteiger partial charge on any atom is -0.467 e. The molecule has 7 rings (SSSR count). The van der Waals surface area contributed by atoms with E-state index < -0.39 is 65.7 Å². The maximum Gasteiger partial charge on any atom is 0.408 e. The number of likely N-dealkylation sites (tertiary alicyclic amines) is 1. The van der Waals surface area contributed by atoms with Crippen LogP contribution in [-0.4, -0.2) is 106 Å². The molecule has 3 aromatic heterocycles. The predicted molar refractivity (Wildman–Crippen MR) is 216 cm³/mol. The van der Waals surface area contributed by atoms with Gasteiger partial charge in [0.2, 0.25) is 11.8 Å². The highest BCUT2D eigenvalue weighted by Crippen LogP contribution is 2.30. The molecule has 58 heavy (non-hydrogen) atoms. The van der Waals surface area contributed by atoms with E-state index in [9.17, 15) is 24.0 Å². The van der Waals surface area contributed by atoms with Crippen molar-refractivity contribution in [2.45, 2.75) is 88.7 Å². The number of esters is 2. The average molecular weight is 792 g/mol. The van der Waals surface area contributed by atoms with E-state index >= 15 is 0 Å². The van der Waals surface area contributed by atoms with Crippen LogP contribution < -0.4 is 15.5 Å². The highest BCUT2D eigenvalue weighted by Gasteiger charge is 2.44. The fourth-order valence-corrected chi connectivity index (χ4v) is 7.96. The minimum absolute atomic E-state index is 0.130. The fourth-order valence-electron chi connectivity index (χ4n) is 7.96. The van der Waals surface area contributed by atoms with Crippen LogP contribution >= 0.6 is 0 Å². The largest absolute Gasteiger partial charge is 0.467 e. The molecule has 0 unspecified atom stereocenters. The monoisotopic (exact) mass is 791 g/mol. The van der Waals surface area contributed by atoms with Gasteiger partial charge in [-0.3, -0.25) is 14.6 Å². The van der Waals surface area contributed by atoms with Gasteiger partial charge in [0.1, 0.15) is 35.9 Å². The minimum atomic E-state index is -1.03. The van der Waals surface area contributed by atoms with Crippen LogP contribution in [0.2, 0.25) is 0 Å². The Labute approximate surface area is 335 Å². The molecule has 2 aromatic carbocycles. The zero-order valence-corrected chi connectivity index (χ0v) is 33.0. The molecule has 15 heteroatoms. The molecular weight excluding hydrogens is 743 g/mol. The predicted octanol–water partition coefficient (Wildman–Crippen LogP) is 4.56. The van der Waals surface area contributed by atoms with Crippen LogP contribution in [0.3, 0.4) is 0 Å². The van der Waals surface area contributed by atoms with Crippen LogP contribution in [0.1, 0.15) is 51.2 Å². The number of alkyl carbamates (subject to hydrolysis) is 1. The number of carbonyl (C=O) groups excluding carboxylic acids is 5. The summed E-state index contributed by atoms with van der Waals surface area (Å²) in [5, 5.41) is 7.52. The number of amides is 3. The van der Waals surface area contributed by atoms with Crippen molar-refractivity contribution in [1.29, 1.82) is 0 Å². The SMILES string of the molecule is COC(=O)[C@H](Cc1c[nH]c2ccccc12)NC(=O)[C@@H]1C[C@@H](OC(=O)[C@H]2CCCN2C(=O)[C@H](Cc2c[nH]c3ccccc23)NC(=O)OC(C)(C)C)CN1c1ccncc1. The second-order valence-corrected chi connectivity index (χ2v) is 15.8. The number of pyridine rings is 1. The number of para-hydroxylation sites is 2. The van der Waals surface area contributed by atoms with Crippen molar-refractivity contribution in [3.05, 3.63) is 96.6 Å². The zero-order chi connectivity index (χ0) is 41.0. The molecule has 5 aromatic rings. The van der Waals surface area contributed by atoms with Gasteiger partial charge < -0.3 is 44.6 Å². The highest BCUT2D eigenvalue weighted by molar-refractivity contribution is 5.93. The number of methoxy groups -OCH3 is 1. The lowest BCUT2D eigenvalue weighted by atomic mass is 10.0. The number of rotatable bonds is 12. The number of carbonyl (C=O) groups is 5. The number of ether oxygens (including phenoxy) is 3. The van der Waals surface area contributed by atoms with Gasteiger partial charge in [-0.05, 0) is 69.0 Å². The Balaban J connectivity index is 1.07. The van der Waals surface area contributed by atoms with E-state index in [4.69, 9.17) is 14.2 Å². The van der Waals surface area contributed by atoms with E-state index in [1.54, 1.807) is 45.3 Å². The van der Waals surface area contributed by atoms with Gasteiger partial charge in [-0.25, -0.2) is 14.4 Å². The number of aromatic amines is 2. The maximum absolute atomic E-state index is 14.3. The van der Waals surface area contributed by atoms with Crippen LogP contribution in [0.4, 0.5) is 10.5 Å². The van der Waals surface area contributed by atoms with Gasteiger partial charge in [-0.15, -0.1) is 0 Å². The lowest BCUT2D eigenvalue weighted by Gasteiger charge is -2.29. The third-order valence-corrected chi connectivity index (χ3v) is 10.6. The molecule has 15 nitrogen and oxygen atoms in total. The molecule has 2 saturated heterocycles. The third kappa shape index (κ3) is 8.93. The average Bonchev–Trinajstić information content (AvgIpc) is 4.03. The van der Waals surface area contributed by atoms with E-state index in [1.807, 2.05) is 65.8 Å². The molecule has 2 aliphatic heterocycles. The first-order valence-electron chi connectivity index (χ1n) is 19.5. The van der Waals surface area contributed by atoms with Crippen molar-refractivity contribution in [1.82, 2.24) is 30.5 Å². The molecule has 5 heterocycles. The molecule has 2 fully saturated rings. The van der Waals surface area contributed by atoms with E-state index in [0.29, 0.717) is 25.1 Å². The summed E-state index contributed by atoms with van der Waals surface area (Å²) in [6, 6.07) is 15.2. The molecular formula is C43H49N7O8. The molecule has 0 spiro atoms. The Morgan fingerprint density at radius 2 is 1.47 bits per heavy atom. The van der Waals surface area contributed by atoms with Gasteiger partial charge in [0.05, 0.1) is 13.7 Å². The normalized spacial score (nSPS) is 19.1. The number of hydrogen-bond acceptors (Lipinski definition) is 10. The summed E-state index contributed by atoms with van der Waals surface area (Å²) in [6.07, 6.45) is 6.79. The summed E-state index contributed by atoms with van der Waals surface area (Å²) in [5.74, 6) is -2.05. The zero-order valence-electron chi connectivity index (χ0n) is 33.0. The molecule has 3 amide bonds. The summed E-state index contributed by atoms with van der Waals surface area (Å²) in [7, 11) is 1.28. The second-order valence-electron chi connectivity index (χ2n) is 15.8. The van der Waals surface area contributed by atoms with Gasteiger partial charge in [0.25, 0.3) is 0 Å². The summed E-state index contributed by atoms with van der Waals surface area (Å²) in [6.45, 7) is 5.70.